The van der Waals surface area contributed by atoms with Gasteiger partial charge in [0.2, 0.25) is 5.91 Å². The molecule has 1 aliphatic rings. The molecule has 0 bridgehead atoms. The van der Waals surface area contributed by atoms with Crippen molar-refractivity contribution in [3.8, 4) is 5.75 Å². The summed E-state index contributed by atoms with van der Waals surface area (Å²) < 4.78 is 5.46. The first-order valence-corrected chi connectivity index (χ1v) is 8.50. The van der Waals surface area contributed by atoms with E-state index < -0.39 is 6.10 Å². The van der Waals surface area contributed by atoms with E-state index in [0.29, 0.717) is 27.7 Å². The standard InChI is InChI=1S/C19H17ClN2O4/c1-11-19(25)22-15-10-14(6-8-17(15)26-11)21-18(24)9-7-16(23)12-2-4-13(20)5-3-12/h2-6,8,10-11H,7,9H2,1H3,(H,21,24)(H,22,25). The van der Waals surface area contributed by atoms with E-state index in [9.17, 15) is 14.4 Å². The molecule has 1 heterocycles. The molecule has 0 fully saturated rings. The summed E-state index contributed by atoms with van der Waals surface area (Å²) in [5.41, 5.74) is 1.54. The van der Waals surface area contributed by atoms with E-state index in [4.69, 9.17) is 16.3 Å². The van der Waals surface area contributed by atoms with Crippen LogP contribution in [-0.2, 0) is 9.59 Å². The molecule has 0 saturated heterocycles. The summed E-state index contributed by atoms with van der Waals surface area (Å²) in [5.74, 6) is -0.108. The summed E-state index contributed by atoms with van der Waals surface area (Å²) in [7, 11) is 0. The van der Waals surface area contributed by atoms with Crippen LogP contribution in [0.2, 0.25) is 5.02 Å². The first-order chi connectivity index (χ1) is 12.4. The normalized spacial score (nSPS) is 15.5. The van der Waals surface area contributed by atoms with Crippen LogP contribution < -0.4 is 15.4 Å². The van der Waals surface area contributed by atoms with Crippen molar-refractivity contribution in [3.05, 3.63) is 53.1 Å². The van der Waals surface area contributed by atoms with Crippen LogP contribution in [0.15, 0.2) is 42.5 Å². The topological polar surface area (TPSA) is 84.5 Å². The fraction of sp³-hybridized carbons (Fsp3) is 0.211. The van der Waals surface area contributed by atoms with Gasteiger partial charge in [-0.15, -0.1) is 0 Å². The molecule has 3 rings (SSSR count). The molecule has 2 N–H and O–H groups in total. The van der Waals surface area contributed by atoms with Crippen molar-refractivity contribution >= 4 is 40.6 Å². The Kier molecular flexibility index (Phi) is 5.23. The van der Waals surface area contributed by atoms with Crippen molar-refractivity contribution in [2.45, 2.75) is 25.9 Å². The number of carbonyl (C=O) groups is 3. The number of hydrogen-bond acceptors (Lipinski definition) is 4. The molecule has 2 aromatic rings. The molecule has 0 aliphatic carbocycles. The lowest BCUT2D eigenvalue weighted by Crippen LogP contribution is -2.34. The number of hydrogen-bond donors (Lipinski definition) is 2. The molecule has 0 aromatic heterocycles. The van der Waals surface area contributed by atoms with Gasteiger partial charge in [0.25, 0.3) is 5.91 Å². The minimum Gasteiger partial charge on any atom is -0.479 e. The van der Waals surface area contributed by atoms with Gasteiger partial charge in [-0.3, -0.25) is 14.4 Å². The Bertz CT molecular complexity index is 864. The molecule has 0 saturated carbocycles. The second-order valence-electron chi connectivity index (χ2n) is 5.94. The van der Waals surface area contributed by atoms with E-state index in [-0.39, 0.29) is 30.4 Å². The summed E-state index contributed by atoms with van der Waals surface area (Å²) in [5, 5.41) is 5.99. The molecule has 134 valence electrons. The molecule has 2 amide bonds. The van der Waals surface area contributed by atoms with Crippen LogP contribution in [0.1, 0.15) is 30.1 Å². The highest BCUT2D eigenvalue weighted by molar-refractivity contribution is 6.30. The maximum absolute atomic E-state index is 12.1. The second-order valence-corrected chi connectivity index (χ2v) is 6.37. The third-order valence-corrected chi connectivity index (χ3v) is 4.19. The molecule has 1 atom stereocenters. The van der Waals surface area contributed by atoms with Crippen molar-refractivity contribution in [1.29, 1.82) is 0 Å². The average molecular weight is 373 g/mol. The highest BCUT2D eigenvalue weighted by atomic mass is 35.5. The minimum atomic E-state index is -0.554. The van der Waals surface area contributed by atoms with Crippen molar-refractivity contribution in [2.24, 2.45) is 0 Å². The van der Waals surface area contributed by atoms with E-state index in [1.165, 1.54) is 0 Å². The SMILES string of the molecule is CC1Oc2ccc(NC(=O)CCC(=O)c3ccc(Cl)cc3)cc2NC1=O. The van der Waals surface area contributed by atoms with Gasteiger partial charge in [-0.2, -0.15) is 0 Å². The minimum absolute atomic E-state index is 0.0540. The number of nitrogens with one attached hydrogen (secondary N) is 2. The highest BCUT2D eigenvalue weighted by Crippen LogP contribution is 2.32. The van der Waals surface area contributed by atoms with Crippen LogP contribution in [0.25, 0.3) is 0 Å². The van der Waals surface area contributed by atoms with Crippen LogP contribution in [0, 0.1) is 0 Å². The molecule has 1 aliphatic heterocycles. The summed E-state index contributed by atoms with van der Waals surface area (Å²) in [6.45, 7) is 1.66. The molecule has 0 radical (unpaired) electrons. The number of Topliss-reactive ketones (excluding diaryl/α,β-unsaturated/α-hetero) is 1. The summed E-state index contributed by atoms with van der Waals surface area (Å²) in [6.07, 6.45) is -0.407. The monoisotopic (exact) mass is 372 g/mol. The number of ether oxygens (including phenoxy) is 1. The van der Waals surface area contributed by atoms with Gasteiger partial charge < -0.3 is 15.4 Å². The maximum Gasteiger partial charge on any atom is 0.265 e. The van der Waals surface area contributed by atoms with Crippen LogP contribution in [-0.4, -0.2) is 23.7 Å². The van der Waals surface area contributed by atoms with E-state index in [1.807, 2.05) is 0 Å². The quantitative estimate of drug-likeness (QED) is 0.784. The molecule has 7 heteroatoms. The van der Waals surface area contributed by atoms with Crippen LogP contribution in [0.3, 0.4) is 0 Å². The summed E-state index contributed by atoms with van der Waals surface area (Å²) >= 11 is 5.79. The van der Waals surface area contributed by atoms with Gasteiger partial charge in [0, 0.05) is 29.1 Å². The van der Waals surface area contributed by atoms with E-state index in [1.54, 1.807) is 49.4 Å². The fourth-order valence-electron chi connectivity index (χ4n) is 2.52. The predicted molar refractivity (Wildman–Crippen MR) is 98.8 cm³/mol. The molecule has 1 unspecified atom stereocenters. The Morgan fingerprint density at radius 1 is 1.15 bits per heavy atom. The number of anilines is 2. The fourth-order valence-corrected chi connectivity index (χ4v) is 2.64. The summed E-state index contributed by atoms with van der Waals surface area (Å²) in [6, 6.07) is 11.5. The smallest absolute Gasteiger partial charge is 0.265 e. The predicted octanol–water partition coefficient (Wildman–Crippen LogP) is 3.66. The zero-order chi connectivity index (χ0) is 18.7. The third kappa shape index (κ3) is 4.21. The van der Waals surface area contributed by atoms with Gasteiger partial charge in [-0.25, -0.2) is 0 Å². The molecule has 26 heavy (non-hydrogen) atoms. The van der Waals surface area contributed by atoms with E-state index >= 15 is 0 Å². The van der Waals surface area contributed by atoms with Gasteiger partial charge in [0.1, 0.15) is 5.75 Å². The van der Waals surface area contributed by atoms with Crippen LogP contribution in [0.4, 0.5) is 11.4 Å². The second kappa shape index (κ2) is 7.58. The van der Waals surface area contributed by atoms with Crippen LogP contribution in [0.5, 0.6) is 5.75 Å². The maximum atomic E-state index is 12.1. The molecule has 2 aromatic carbocycles. The van der Waals surface area contributed by atoms with Crippen LogP contribution >= 0.6 is 11.6 Å². The van der Waals surface area contributed by atoms with E-state index in [2.05, 4.69) is 10.6 Å². The zero-order valence-electron chi connectivity index (χ0n) is 14.0. The number of ketones is 1. The Hall–Kier alpha value is -2.86. The molecule has 6 nitrogen and oxygen atoms in total. The molecular weight excluding hydrogens is 356 g/mol. The lowest BCUT2D eigenvalue weighted by Gasteiger charge is -2.23. The van der Waals surface area contributed by atoms with Gasteiger partial charge in [-0.05, 0) is 49.4 Å². The molecular formula is C19H17ClN2O4. The average Bonchev–Trinajstić information content (AvgIpc) is 2.61. The first kappa shape index (κ1) is 17.9. The molecule has 0 spiro atoms. The Morgan fingerprint density at radius 2 is 1.88 bits per heavy atom. The lowest BCUT2D eigenvalue weighted by atomic mass is 10.1. The van der Waals surface area contributed by atoms with Gasteiger partial charge in [-0.1, -0.05) is 11.6 Å². The number of rotatable bonds is 5. The third-order valence-electron chi connectivity index (χ3n) is 3.94. The number of benzene rings is 2. The Labute approximate surface area is 155 Å². The number of halogens is 1. The van der Waals surface area contributed by atoms with Crippen molar-refractivity contribution in [3.63, 3.8) is 0 Å². The first-order valence-electron chi connectivity index (χ1n) is 8.12. The Balaban J connectivity index is 1.57. The highest BCUT2D eigenvalue weighted by Gasteiger charge is 2.23. The van der Waals surface area contributed by atoms with E-state index in [0.717, 1.165) is 0 Å². The number of carbonyl (C=O) groups excluding carboxylic acids is 3. The van der Waals surface area contributed by atoms with Crippen molar-refractivity contribution < 1.29 is 19.1 Å². The van der Waals surface area contributed by atoms with Gasteiger partial charge in [0.05, 0.1) is 5.69 Å². The lowest BCUT2D eigenvalue weighted by molar-refractivity contribution is -0.122. The van der Waals surface area contributed by atoms with Crippen molar-refractivity contribution in [1.82, 2.24) is 0 Å². The van der Waals surface area contributed by atoms with Gasteiger partial charge in [0.15, 0.2) is 11.9 Å². The number of fused-ring (bicyclic) bond motifs is 1. The summed E-state index contributed by atoms with van der Waals surface area (Å²) in [4.78, 5) is 35.8. The van der Waals surface area contributed by atoms with Crippen molar-refractivity contribution in [2.75, 3.05) is 10.6 Å². The Morgan fingerprint density at radius 3 is 2.62 bits per heavy atom. The van der Waals surface area contributed by atoms with Gasteiger partial charge >= 0.3 is 0 Å². The zero-order valence-corrected chi connectivity index (χ0v) is 14.8. The largest absolute Gasteiger partial charge is 0.479 e. The number of amides is 2.